The van der Waals surface area contributed by atoms with Gasteiger partial charge in [0.1, 0.15) is 0 Å². The van der Waals surface area contributed by atoms with Crippen LogP contribution in [0.3, 0.4) is 0 Å². The molecule has 2 heterocycles. The summed E-state index contributed by atoms with van der Waals surface area (Å²) in [4.78, 5) is 17.1. The normalized spacial score (nSPS) is 13.7. The van der Waals surface area contributed by atoms with Crippen LogP contribution in [0.4, 0.5) is 5.69 Å². The van der Waals surface area contributed by atoms with E-state index < -0.39 is 0 Å². The number of amides is 1. The van der Waals surface area contributed by atoms with E-state index in [0.29, 0.717) is 11.4 Å². The van der Waals surface area contributed by atoms with Crippen molar-refractivity contribution in [2.24, 2.45) is 0 Å². The van der Waals surface area contributed by atoms with E-state index in [0.717, 1.165) is 71.3 Å². The lowest BCUT2D eigenvalue weighted by Gasteiger charge is -2.36. The standard InChI is InChI=1S/C28H27Cl2N5OS/c29-22-13-11-21(12-14-22)27-31-32-28(35(27)24-7-2-1-3-8-24)37-19-5-10-26(36)34-17-15-33(16-18-34)25-9-4-6-23(30)20-25/h1-4,6-9,11-14,20H,5,10,15-19H2. The van der Waals surface area contributed by atoms with Crippen LogP contribution >= 0.6 is 35.0 Å². The summed E-state index contributed by atoms with van der Waals surface area (Å²) < 4.78 is 2.06. The summed E-state index contributed by atoms with van der Waals surface area (Å²) >= 11 is 13.8. The highest BCUT2D eigenvalue weighted by Crippen LogP contribution is 2.29. The van der Waals surface area contributed by atoms with Crippen molar-refractivity contribution in [1.29, 1.82) is 0 Å². The van der Waals surface area contributed by atoms with Gasteiger partial charge in [-0.3, -0.25) is 9.36 Å². The molecular formula is C28H27Cl2N5OS. The molecular weight excluding hydrogens is 525 g/mol. The Morgan fingerprint density at radius 2 is 1.54 bits per heavy atom. The summed E-state index contributed by atoms with van der Waals surface area (Å²) in [5.74, 6) is 1.75. The number of para-hydroxylation sites is 1. The topological polar surface area (TPSA) is 54.3 Å². The molecule has 0 aliphatic carbocycles. The first-order valence-corrected chi connectivity index (χ1v) is 14.0. The van der Waals surface area contributed by atoms with Crippen LogP contribution in [0.15, 0.2) is 84.0 Å². The first-order chi connectivity index (χ1) is 18.1. The van der Waals surface area contributed by atoms with Crippen molar-refractivity contribution in [3.05, 3.63) is 88.9 Å². The number of piperazine rings is 1. The van der Waals surface area contributed by atoms with Crippen molar-refractivity contribution in [2.45, 2.75) is 18.0 Å². The molecule has 0 spiro atoms. The van der Waals surface area contributed by atoms with Crippen molar-refractivity contribution in [3.63, 3.8) is 0 Å². The Morgan fingerprint density at radius 3 is 2.27 bits per heavy atom. The number of thioether (sulfide) groups is 1. The molecule has 1 aliphatic heterocycles. The van der Waals surface area contributed by atoms with Crippen LogP contribution in [-0.4, -0.2) is 57.5 Å². The average molecular weight is 553 g/mol. The Bertz CT molecular complexity index is 1340. The molecule has 0 radical (unpaired) electrons. The van der Waals surface area contributed by atoms with Gasteiger partial charge in [-0.15, -0.1) is 10.2 Å². The third kappa shape index (κ3) is 6.29. The van der Waals surface area contributed by atoms with Crippen LogP contribution in [0.1, 0.15) is 12.8 Å². The number of anilines is 1. The van der Waals surface area contributed by atoms with E-state index in [9.17, 15) is 4.79 Å². The second kappa shape index (κ2) is 12.0. The predicted octanol–water partition coefficient (Wildman–Crippen LogP) is 6.46. The van der Waals surface area contributed by atoms with Gasteiger partial charge in [-0.25, -0.2) is 0 Å². The minimum Gasteiger partial charge on any atom is -0.368 e. The van der Waals surface area contributed by atoms with Crippen LogP contribution in [-0.2, 0) is 4.79 Å². The minimum absolute atomic E-state index is 0.206. The summed E-state index contributed by atoms with van der Waals surface area (Å²) in [7, 11) is 0. The van der Waals surface area contributed by atoms with Crippen molar-refractivity contribution < 1.29 is 4.79 Å². The molecule has 1 saturated heterocycles. The maximum atomic E-state index is 12.8. The number of hydrogen-bond donors (Lipinski definition) is 0. The molecule has 5 rings (SSSR count). The van der Waals surface area contributed by atoms with Crippen molar-refractivity contribution in [2.75, 3.05) is 36.8 Å². The predicted molar refractivity (Wildman–Crippen MR) is 152 cm³/mol. The number of nitrogens with zero attached hydrogens (tertiary/aromatic N) is 5. The Labute approximate surface area is 231 Å². The fourth-order valence-electron chi connectivity index (χ4n) is 4.39. The molecule has 1 aliphatic rings. The summed E-state index contributed by atoms with van der Waals surface area (Å²) in [6.07, 6.45) is 1.30. The minimum atomic E-state index is 0.206. The maximum Gasteiger partial charge on any atom is 0.222 e. The second-order valence-electron chi connectivity index (χ2n) is 8.78. The summed E-state index contributed by atoms with van der Waals surface area (Å²) in [5, 5.41) is 11.2. The highest BCUT2D eigenvalue weighted by atomic mass is 35.5. The highest BCUT2D eigenvalue weighted by molar-refractivity contribution is 7.99. The number of carbonyl (C=O) groups excluding carboxylic acids is 1. The van der Waals surface area contributed by atoms with Gasteiger partial charge in [0, 0.05) is 65.3 Å². The Balaban J connectivity index is 1.17. The zero-order valence-electron chi connectivity index (χ0n) is 20.3. The highest BCUT2D eigenvalue weighted by Gasteiger charge is 2.21. The third-order valence-electron chi connectivity index (χ3n) is 6.32. The van der Waals surface area contributed by atoms with Crippen LogP contribution < -0.4 is 4.90 Å². The molecule has 0 saturated carbocycles. The van der Waals surface area contributed by atoms with Crippen LogP contribution in [0, 0.1) is 0 Å². The zero-order valence-corrected chi connectivity index (χ0v) is 22.6. The smallest absolute Gasteiger partial charge is 0.222 e. The lowest BCUT2D eigenvalue weighted by atomic mass is 10.2. The van der Waals surface area contributed by atoms with Gasteiger partial charge in [0.25, 0.3) is 0 Å². The van der Waals surface area contributed by atoms with Gasteiger partial charge in [0.2, 0.25) is 5.91 Å². The molecule has 0 atom stereocenters. The van der Waals surface area contributed by atoms with Crippen LogP contribution in [0.25, 0.3) is 17.1 Å². The van der Waals surface area contributed by atoms with Crippen LogP contribution in [0.2, 0.25) is 10.0 Å². The summed E-state index contributed by atoms with van der Waals surface area (Å²) in [6, 6.07) is 25.6. The number of aromatic nitrogens is 3. The lowest BCUT2D eigenvalue weighted by Crippen LogP contribution is -2.48. The van der Waals surface area contributed by atoms with E-state index in [2.05, 4.69) is 25.7 Å². The van der Waals surface area contributed by atoms with E-state index in [-0.39, 0.29) is 5.91 Å². The second-order valence-corrected chi connectivity index (χ2v) is 10.7. The number of benzene rings is 3. The lowest BCUT2D eigenvalue weighted by molar-refractivity contribution is -0.131. The Morgan fingerprint density at radius 1 is 0.811 bits per heavy atom. The number of carbonyl (C=O) groups is 1. The average Bonchev–Trinajstić information content (AvgIpc) is 3.36. The first kappa shape index (κ1) is 25.6. The Hall–Kier alpha value is -3.00. The number of hydrogen-bond acceptors (Lipinski definition) is 5. The quantitative estimate of drug-likeness (QED) is 0.186. The molecule has 1 fully saturated rings. The third-order valence-corrected chi connectivity index (χ3v) is 7.82. The van der Waals surface area contributed by atoms with Crippen molar-refractivity contribution in [1.82, 2.24) is 19.7 Å². The molecule has 190 valence electrons. The molecule has 0 unspecified atom stereocenters. The zero-order chi connectivity index (χ0) is 25.6. The van der Waals surface area contributed by atoms with Crippen molar-refractivity contribution in [3.8, 4) is 17.1 Å². The molecule has 1 aromatic heterocycles. The van der Waals surface area contributed by atoms with E-state index >= 15 is 0 Å². The van der Waals surface area contributed by atoms with Gasteiger partial charge in [-0.1, -0.05) is 59.2 Å². The van der Waals surface area contributed by atoms with Crippen LogP contribution in [0.5, 0.6) is 0 Å². The number of rotatable bonds is 8. The first-order valence-electron chi connectivity index (χ1n) is 12.3. The summed E-state index contributed by atoms with van der Waals surface area (Å²) in [6.45, 7) is 3.08. The van der Waals surface area contributed by atoms with Gasteiger partial charge in [-0.05, 0) is 61.0 Å². The fraction of sp³-hybridized carbons (Fsp3) is 0.250. The molecule has 3 aromatic carbocycles. The van der Waals surface area contributed by atoms with Gasteiger partial charge in [0.05, 0.1) is 0 Å². The van der Waals surface area contributed by atoms with E-state index in [1.54, 1.807) is 11.8 Å². The van der Waals surface area contributed by atoms with Crippen molar-refractivity contribution >= 4 is 46.6 Å². The largest absolute Gasteiger partial charge is 0.368 e. The van der Waals surface area contributed by atoms with Gasteiger partial charge in [-0.2, -0.15) is 0 Å². The molecule has 0 bridgehead atoms. The fourth-order valence-corrected chi connectivity index (χ4v) is 5.59. The summed E-state index contributed by atoms with van der Waals surface area (Å²) in [5.41, 5.74) is 3.05. The molecule has 0 N–H and O–H groups in total. The Kier molecular flexibility index (Phi) is 8.34. The van der Waals surface area contributed by atoms with Gasteiger partial charge in [0.15, 0.2) is 11.0 Å². The monoisotopic (exact) mass is 551 g/mol. The molecule has 37 heavy (non-hydrogen) atoms. The molecule has 9 heteroatoms. The number of halogens is 2. The van der Waals surface area contributed by atoms with E-state index in [4.69, 9.17) is 23.2 Å². The molecule has 1 amide bonds. The molecule has 4 aromatic rings. The van der Waals surface area contributed by atoms with E-state index in [1.807, 2.05) is 77.7 Å². The SMILES string of the molecule is O=C(CCCSc1nnc(-c2ccc(Cl)cc2)n1-c1ccccc1)N1CCN(c2cccc(Cl)c2)CC1. The van der Waals surface area contributed by atoms with Gasteiger partial charge < -0.3 is 9.80 Å². The maximum absolute atomic E-state index is 12.8. The van der Waals surface area contributed by atoms with Gasteiger partial charge >= 0.3 is 0 Å². The molecule has 6 nitrogen and oxygen atoms in total. The van der Waals surface area contributed by atoms with E-state index in [1.165, 1.54) is 0 Å².